The molecule has 1 saturated carbocycles. The third kappa shape index (κ3) is 9.82. The minimum absolute atomic E-state index is 0.150. The topological polar surface area (TPSA) is 93.2 Å². The second-order valence-electron chi connectivity index (χ2n) is 17.3. The van der Waals surface area contributed by atoms with Crippen LogP contribution in [0.4, 0.5) is 0 Å². The number of rotatable bonds is 13. The number of pyridine rings is 1. The monoisotopic (exact) mass is 874 g/mol. The van der Waals surface area contributed by atoms with Crippen molar-refractivity contribution in [3.63, 3.8) is 0 Å². The largest absolute Gasteiger partial charge is 0.486 e. The Morgan fingerprint density at radius 2 is 1.69 bits per heavy atom. The zero-order chi connectivity index (χ0) is 43.5. The number of hydrogen-bond donors (Lipinski definition) is 1. The van der Waals surface area contributed by atoms with Gasteiger partial charge >= 0.3 is 5.97 Å². The summed E-state index contributed by atoms with van der Waals surface area (Å²) in [5.41, 5.74) is 10.7. The summed E-state index contributed by atoms with van der Waals surface area (Å²) in [5.74, 6) is 1.59. The van der Waals surface area contributed by atoms with Crippen LogP contribution in [0, 0.1) is 19.8 Å². The van der Waals surface area contributed by atoms with Gasteiger partial charge in [-0.05, 0) is 133 Å². The number of ether oxygens (including phenoxy) is 3. The number of amides is 1. The van der Waals surface area contributed by atoms with Crippen LogP contribution in [0.15, 0.2) is 91.1 Å². The van der Waals surface area contributed by atoms with Gasteiger partial charge < -0.3 is 19.5 Å². The number of nitrogens with zero attached hydrogens (tertiary/aromatic N) is 3. The highest BCUT2D eigenvalue weighted by atomic mass is 35.5. The molecule has 5 aromatic rings. The summed E-state index contributed by atoms with van der Waals surface area (Å²) >= 11 is 12.5. The Balaban J connectivity index is 0.980. The zero-order valence-corrected chi connectivity index (χ0v) is 37.8. The van der Waals surface area contributed by atoms with Crippen LogP contribution in [0.2, 0.25) is 10.0 Å². The van der Waals surface area contributed by atoms with Crippen molar-refractivity contribution in [2.75, 3.05) is 27.2 Å². The Hall–Kier alpha value is -4.93. The van der Waals surface area contributed by atoms with E-state index in [4.69, 9.17) is 37.4 Å². The van der Waals surface area contributed by atoms with E-state index < -0.39 is 18.1 Å². The lowest BCUT2D eigenvalue weighted by atomic mass is 9.83. The Labute approximate surface area is 375 Å². The zero-order valence-electron chi connectivity index (χ0n) is 36.3. The fraction of sp³-hybridized carbons (Fsp3) is 0.392. The molecule has 11 heteroatoms. The third-order valence-electron chi connectivity index (χ3n) is 13.0. The quantitative estimate of drug-likeness (QED) is 0.117. The van der Waals surface area contributed by atoms with Crippen LogP contribution in [0.25, 0.3) is 11.1 Å². The summed E-state index contributed by atoms with van der Waals surface area (Å²) in [6.07, 6.45) is 6.67. The SMILES string of the molecule is CC[C@@H](Oc1ccc([C@H]2CN(C)Cc3cc4c(cc3O2)CN(CC2CCC2)[C@H](C(=O)N[C@@H](Cc2ccc(-c3ccnc(C)c3C)cc2)C(=O)OC)C4)cc1)c1ccc(Cl)c(Cl)c1. The summed E-state index contributed by atoms with van der Waals surface area (Å²) in [6.45, 7) is 9.05. The molecule has 3 aliphatic rings. The predicted octanol–water partition coefficient (Wildman–Crippen LogP) is 10.2. The fourth-order valence-corrected chi connectivity index (χ4v) is 9.36. The fourth-order valence-electron chi connectivity index (χ4n) is 9.05. The minimum atomic E-state index is -0.822. The first kappa shape index (κ1) is 43.7. The Kier molecular flexibility index (Phi) is 13.5. The van der Waals surface area contributed by atoms with Crippen LogP contribution in [0.5, 0.6) is 11.5 Å². The van der Waals surface area contributed by atoms with Gasteiger partial charge in [0.1, 0.15) is 29.7 Å². The van der Waals surface area contributed by atoms with Gasteiger partial charge in [-0.1, -0.05) is 85.1 Å². The number of carbonyl (C=O) groups is 2. The number of aromatic nitrogens is 1. The molecular formula is C51H56Cl2N4O5. The maximum absolute atomic E-state index is 14.4. The molecule has 1 fully saturated rings. The normalized spacial score (nSPS) is 18.9. The highest BCUT2D eigenvalue weighted by molar-refractivity contribution is 6.42. The molecule has 0 saturated heterocycles. The average molecular weight is 876 g/mol. The Bertz CT molecular complexity index is 2400. The first-order valence-corrected chi connectivity index (χ1v) is 22.6. The lowest BCUT2D eigenvalue weighted by molar-refractivity contribution is -0.146. The molecule has 9 nitrogen and oxygen atoms in total. The van der Waals surface area contributed by atoms with Crippen LogP contribution in [0.1, 0.15) is 89.5 Å². The third-order valence-corrected chi connectivity index (χ3v) is 13.7. The maximum atomic E-state index is 14.4. The second-order valence-corrected chi connectivity index (χ2v) is 18.1. The molecule has 0 radical (unpaired) electrons. The van der Waals surface area contributed by atoms with Crippen molar-refractivity contribution in [1.82, 2.24) is 20.1 Å². The summed E-state index contributed by atoms with van der Waals surface area (Å²) in [6, 6.07) is 27.2. The number of halogens is 2. The van der Waals surface area contributed by atoms with E-state index in [0.29, 0.717) is 48.4 Å². The molecule has 0 bridgehead atoms. The first-order chi connectivity index (χ1) is 30.0. The highest BCUT2D eigenvalue weighted by Gasteiger charge is 2.37. The molecule has 1 N–H and O–H groups in total. The number of carbonyl (C=O) groups excluding carboxylic acids is 2. The summed E-state index contributed by atoms with van der Waals surface area (Å²) in [4.78, 5) is 36.6. The van der Waals surface area contributed by atoms with E-state index in [0.717, 1.165) is 87.5 Å². The molecule has 0 spiro atoms. The van der Waals surface area contributed by atoms with E-state index in [2.05, 4.69) is 77.4 Å². The number of hydrogen-bond acceptors (Lipinski definition) is 8. The van der Waals surface area contributed by atoms with Gasteiger partial charge in [-0.15, -0.1) is 0 Å². The van der Waals surface area contributed by atoms with E-state index in [1.165, 1.54) is 19.1 Å². The maximum Gasteiger partial charge on any atom is 0.328 e. The predicted molar refractivity (Wildman–Crippen MR) is 245 cm³/mol. The lowest BCUT2D eigenvalue weighted by Gasteiger charge is -2.40. The molecule has 324 valence electrons. The number of esters is 1. The van der Waals surface area contributed by atoms with Gasteiger partial charge in [-0.25, -0.2) is 4.79 Å². The number of benzene rings is 4. The number of nitrogens with one attached hydrogen (secondary N) is 1. The van der Waals surface area contributed by atoms with Crippen molar-refractivity contribution in [2.45, 2.75) is 96.7 Å². The molecule has 3 heterocycles. The molecule has 1 aromatic heterocycles. The highest BCUT2D eigenvalue weighted by Crippen LogP contribution is 2.38. The molecule has 62 heavy (non-hydrogen) atoms. The van der Waals surface area contributed by atoms with Crippen molar-refractivity contribution >= 4 is 35.1 Å². The van der Waals surface area contributed by atoms with Crippen LogP contribution in [0.3, 0.4) is 0 Å². The molecule has 8 rings (SSSR count). The van der Waals surface area contributed by atoms with Crippen LogP contribution >= 0.6 is 23.2 Å². The summed E-state index contributed by atoms with van der Waals surface area (Å²) < 4.78 is 18.5. The van der Waals surface area contributed by atoms with E-state index in [-0.39, 0.29) is 18.1 Å². The minimum Gasteiger partial charge on any atom is -0.486 e. The summed E-state index contributed by atoms with van der Waals surface area (Å²) in [5, 5.41) is 4.17. The second kappa shape index (κ2) is 19.2. The molecule has 1 amide bonds. The van der Waals surface area contributed by atoms with E-state index in [1.807, 2.05) is 55.6 Å². The molecule has 0 unspecified atom stereocenters. The van der Waals surface area contributed by atoms with Gasteiger partial charge in [0.05, 0.1) is 23.2 Å². The van der Waals surface area contributed by atoms with Gasteiger partial charge in [-0.3, -0.25) is 19.6 Å². The van der Waals surface area contributed by atoms with E-state index in [1.54, 1.807) is 6.07 Å². The lowest BCUT2D eigenvalue weighted by Crippen LogP contribution is -2.55. The molecule has 4 aromatic carbocycles. The van der Waals surface area contributed by atoms with Crippen LogP contribution < -0.4 is 14.8 Å². The molecule has 2 aliphatic heterocycles. The average Bonchev–Trinajstić information content (AvgIpc) is 3.42. The number of fused-ring (bicyclic) bond motifs is 2. The van der Waals surface area contributed by atoms with Crippen molar-refractivity contribution in [1.29, 1.82) is 0 Å². The van der Waals surface area contributed by atoms with Crippen molar-refractivity contribution in [2.24, 2.45) is 5.92 Å². The van der Waals surface area contributed by atoms with Crippen LogP contribution in [-0.2, 0) is 40.3 Å². The Morgan fingerprint density at radius 3 is 2.39 bits per heavy atom. The first-order valence-electron chi connectivity index (χ1n) is 21.8. The van der Waals surface area contributed by atoms with Gasteiger partial charge in [0.15, 0.2) is 0 Å². The number of aryl methyl sites for hydroxylation is 1. The Morgan fingerprint density at radius 1 is 0.919 bits per heavy atom. The van der Waals surface area contributed by atoms with Gasteiger partial charge in [-0.2, -0.15) is 0 Å². The van der Waals surface area contributed by atoms with Gasteiger partial charge in [0.2, 0.25) is 5.91 Å². The smallest absolute Gasteiger partial charge is 0.328 e. The van der Waals surface area contributed by atoms with E-state index >= 15 is 0 Å². The van der Waals surface area contributed by atoms with Gasteiger partial charge in [0, 0.05) is 50.1 Å². The standard InChI is InChI=1S/C51H56Cl2N4O5/c1-6-47(37-16-19-43(52)44(53)24-37)61-41-17-14-36(15-18-41)49-30-56(4)28-40-23-38-25-46(57(27-34-8-7-9-34)29-39(38)26-48(40)62-49)50(58)55-45(51(59)60-5)22-33-10-12-35(13-11-33)42-20-21-54-32(3)31(42)2/h10-21,23-24,26,34,45-47,49H,6-9,22,25,27-30H2,1-5H3,(H,55,58)/t45-,46-,47+,49+/m0/s1. The van der Waals surface area contributed by atoms with Crippen LogP contribution in [-0.4, -0.2) is 66.0 Å². The van der Waals surface area contributed by atoms with Crippen molar-refractivity contribution in [3.05, 3.63) is 146 Å². The molecule has 4 atom stereocenters. The van der Waals surface area contributed by atoms with Gasteiger partial charge in [0.25, 0.3) is 0 Å². The molecule has 1 aliphatic carbocycles. The molecular weight excluding hydrogens is 819 g/mol. The van der Waals surface area contributed by atoms with E-state index in [9.17, 15) is 9.59 Å². The summed E-state index contributed by atoms with van der Waals surface area (Å²) in [7, 11) is 3.49. The van der Waals surface area contributed by atoms with Crippen molar-refractivity contribution < 1.29 is 23.8 Å². The number of methoxy groups -OCH3 is 1. The number of likely N-dealkylation sites (N-methyl/N-ethyl adjacent to an activating group) is 1. The van der Waals surface area contributed by atoms with Crippen molar-refractivity contribution in [3.8, 4) is 22.6 Å².